The van der Waals surface area contributed by atoms with Crippen molar-refractivity contribution in [3.05, 3.63) is 29.1 Å². The van der Waals surface area contributed by atoms with Gasteiger partial charge in [-0.3, -0.25) is 4.79 Å². The summed E-state index contributed by atoms with van der Waals surface area (Å²) in [6.45, 7) is 5.91. The summed E-state index contributed by atoms with van der Waals surface area (Å²) in [4.78, 5) is 13.0. The van der Waals surface area contributed by atoms with E-state index in [1.807, 2.05) is 26.8 Å². The van der Waals surface area contributed by atoms with Gasteiger partial charge in [-0.1, -0.05) is 26.8 Å². The van der Waals surface area contributed by atoms with Crippen LogP contribution in [0.25, 0.3) is 0 Å². The fraction of sp³-hybridized carbons (Fsp3) is 0.462. The quantitative estimate of drug-likeness (QED) is 0.659. The van der Waals surface area contributed by atoms with Crippen LogP contribution in [0.5, 0.6) is 0 Å². The van der Waals surface area contributed by atoms with Crippen molar-refractivity contribution >= 4 is 11.6 Å². The van der Waals surface area contributed by atoms with Gasteiger partial charge in [0.05, 0.1) is 6.42 Å². The highest BCUT2D eigenvalue weighted by Crippen LogP contribution is 2.35. The Bertz CT molecular complexity index is 460. The molecule has 0 unspecified atom stereocenters. The average Bonchev–Trinajstić information content (AvgIpc) is 2.44. The Labute approximate surface area is 95.1 Å². The Morgan fingerprint density at radius 3 is 2.50 bits per heavy atom. The molecule has 0 saturated heterocycles. The van der Waals surface area contributed by atoms with Gasteiger partial charge in [0.15, 0.2) is 0 Å². The minimum Gasteiger partial charge on any atom is -0.315 e. The summed E-state index contributed by atoms with van der Waals surface area (Å²) in [6.07, 6.45) is 0.182. The van der Waals surface area contributed by atoms with Crippen molar-refractivity contribution in [2.45, 2.75) is 32.6 Å². The van der Waals surface area contributed by atoms with Gasteiger partial charge in [-0.25, -0.2) is 4.39 Å². The van der Waals surface area contributed by atoms with Crippen LogP contribution >= 0.6 is 0 Å². The van der Waals surface area contributed by atoms with Crippen LogP contribution in [0.2, 0.25) is 0 Å². The van der Waals surface area contributed by atoms with Crippen LogP contribution in [-0.4, -0.2) is 13.0 Å². The summed E-state index contributed by atoms with van der Waals surface area (Å²) in [5, 5.41) is 0. The fourth-order valence-corrected chi connectivity index (χ4v) is 2.08. The lowest BCUT2D eigenvalue weighted by atomic mass is 9.85. The van der Waals surface area contributed by atoms with Gasteiger partial charge in [-0.15, -0.1) is 0 Å². The van der Waals surface area contributed by atoms with E-state index in [0.717, 1.165) is 0 Å². The first kappa shape index (κ1) is 11.1. The highest BCUT2D eigenvalue weighted by molar-refractivity contribution is 6.01. The molecule has 0 N–H and O–H groups in total. The zero-order valence-electron chi connectivity index (χ0n) is 10.1. The Kier molecular flexibility index (Phi) is 2.30. The van der Waals surface area contributed by atoms with Gasteiger partial charge in [0.1, 0.15) is 5.82 Å². The van der Waals surface area contributed by atoms with Crippen molar-refractivity contribution in [1.82, 2.24) is 0 Å². The maximum atomic E-state index is 14.2. The van der Waals surface area contributed by atoms with Gasteiger partial charge < -0.3 is 4.90 Å². The van der Waals surface area contributed by atoms with E-state index in [-0.39, 0.29) is 23.6 Å². The number of hydrogen-bond donors (Lipinski definition) is 0. The van der Waals surface area contributed by atoms with Crippen molar-refractivity contribution in [2.24, 2.45) is 0 Å². The zero-order chi connectivity index (χ0) is 12.1. The number of carbonyl (C=O) groups excluding carboxylic acids is 1. The van der Waals surface area contributed by atoms with Crippen molar-refractivity contribution in [3.8, 4) is 0 Å². The fourth-order valence-electron chi connectivity index (χ4n) is 2.08. The summed E-state index contributed by atoms with van der Waals surface area (Å²) >= 11 is 0. The second-order valence-electron chi connectivity index (χ2n) is 5.30. The molecule has 0 aliphatic carbocycles. The Morgan fingerprint density at radius 1 is 1.31 bits per heavy atom. The molecule has 0 saturated carbocycles. The molecule has 0 atom stereocenters. The van der Waals surface area contributed by atoms with E-state index in [2.05, 4.69) is 0 Å². The molecule has 86 valence electrons. The average molecular weight is 221 g/mol. The van der Waals surface area contributed by atoms with Crippen LogP contribution in [-0.2, 0) is 16.6 Å². The highest BCUT2D eigenvalue weighted by atomic mass is 19.1. The van der Waals surface area contributed by atoms with Crippen LogP contribution < -0.4 is 4.90 Å². The molecule has 2 rings (SSSR count). The van der Waals surface area contributed by atoms with Gasteiger partial charge in [0.2, 0.25) is 5.91 Å². The molecule has 0 spiro atoms. The van der Waals surface area contributed by atoms with E-state index in [9.17, 15) is 9.18 Å². The number of halogens is 1. The largest absolute Gasteiger partial charge is 0.315 e. The van der Waals surface area contributed by atoms with Gasteiger partial charge in [0, 0.05) is 18.3 Å². The molecule has 0 aromatic heterocycles. The second kappa shape index (κ2) is 3.30. The number of carbonyl (C=O) groups is 1. The van der Waals surface area contributed by atoms with Gasteiger partial charge in [0.25, 0.3) is 0 Å². The van der Waals surface area contributed by atoms with Crippen molar-refractivity contribution < 1.29 is 9.18 Å². The first-order chi connectivity index (χ1) is 7.32. The first-order valence-electron chi connectivity index (χ1n) is 5.41. The van der Waals surface area contributed by atoms with E-state index < -0.39 is 0 Å². The molecule has 3 heteroatoms. The van der Waals surface area contributed by atoms with E-state index in [1.165, 1.54) is 4.90 Å². The standard InChI is InChI=1S/C13H16FNO/c1-13(2,3)9-5-6-10-8(12(9)14)7-11(16)15(10)4/h5-6H,7H2,1-4H3. The molecule has 16 heavy (non-hydrogen) atoms. The Balaban J connectivity index is 2.60. The number of nitrogens with zero attached hydrogens (tertiary/aromatic N) is 1. The minimum atomic E-state index is -0.233. The van der Waals surface area contributed by atoms with E-state index in [0.29, 0.717) is 16.8 Å². The molecule has 0 fully saturated rings. The normalized spacial score (nSPS) is 15.6. The Hall–Kier alpha value is -1.38. The van der Waals surface area contributed by atoms with E-state index in [4.69, 9.17) is 0 Å². The molecular formula is C13H16FNO. The molecular weight excluding hydrogens is 205 g/mol. The summed E-state index contributed by atoms with van der Waals surface area (Å²) in [5.74, 6) is -0.261. The minimum absolute atomic E-state index is 0.0417. The maximum Gasteiger partial charge on any atom is 0.231 e. The molecule has 0 bridgehead atoms. The number of hydrogen-bond acceptors (Lipinski definition) is 1. The summed E-state index contributed by atoms with van der Waals surface area (Å²) < 4.78 is 14.2. The lowest BCUT2D eigenvalue weighted by molar-refractivity contribution is -0.117. The van der Waals surface area contributed by atoms with Crippen molar-refractivity contribution in [1.29, 1.82) is 0 Å². The van der Waals surface area contributed by atoms with Crippen molar-refractivity contribution in [2.75, 3.05) is 11.9 Å². The summed E-state index contributed by atoms with van der Waals surface area (Å²) in [5.41, 5.74) is 1.69. The summed E-state index contributed by atoms with van der Waals surface area (Å²) in [7, 11) is 1.68. The molecule has 2 nitrogen and oxygen atoms in total. The van der Waals surface area contributed by atoms with E-state index >= 15 is 0 Å². The predicted molar refractivity (Wildman–Crippen MR) is 62.2 cm³/mol. The lowest BCUT2D eigenvalue weighted by Crippen LogP contribution is -2.20. The number of fused-ring (bicyclic) bond motifs is 1. The number of anilines is 1. The van der Waals surface area contributed by atoms with Gasteiger partial charge >= 0.3 is 0 Å². The molecule has 1 heterocycles. The number of benzene rings is 1. The van der Waals surface area contributed by atoms with Crippen LogP contribution in [0.15, 0.2) is 12.1 Å². The number of amides is 1. The SMILES string of the molecule is CN1C(=O)Cc2c1ccc(C(C)(C)C)c2F. The molecule has 1 aliphatic rings. The third kappa shape index (κ3) is 1.51. The highest BCUT2D eigenvalue weighted by Gasteiger charge is 2.30. The first-order valence-corrected chi connectivity index (χ1v) is 5.41. The van der Waals surface area contributed by atoms with Crippen LogP contribution in [0.4, 0.5) is 10.1 Å². The van der Waals surface area contributed by atoms with Crippen LogP contribution in [0.3, 0.4) is 0 Å². The van der Waals surface area contributed by atoms with E-state index in [1.54, 1.807) is 13.1 Å². The summed E-state index contributed by atoms with van der Waals surface area (Å²) in [6, 6.07) is 3.62. The monoisotopic (exact) mass is 221 g/mol. The molecule has 1 aromatic carbocycles. The predicted octanol–water partition coefficient (Wildman–Crippen LogP) is 2.64. The Morgan fingerprint density at radius 2 is 1.94 bits per heavy atom. The number of likely N-dealkylation sites (N-methyl/N-ethyl adjacent to an activating group) is 1. The molecule has 1 aromatic rings. The van der Waals surface area contributed by atoms with Gasteiger partial charge in [-0.2, -0.15) is 0 Å². The molecule has 1 aliphatic heterocycles. The van der Waals surface area contributed by atoms with Gasteiger partial charge in [-0.05, 0) is 17.0 Å². The topological polar surface area (TPSA) is 20.3 Å². The molecule has 1 amide bonds. The van der Waals surface area contributed by atoms with Crippen molar-refractivity contribution in [3.63, 3.8) is 0 Å². The smallest absolute Gasteiger partial charge is 0.231 e. The lowest BCUT2D eigenvalue weighted by Gasteiger charge is -2.21. The van der Waals surface area contributed by atoms with Crippen LogP contribution in [0.1, 0.15) is 31.9 Å². The second-order valence-corrected chi connectivity index (χ2v) is 5.30. The zero-order valence-corrected chi connectivity index (χ0v) is 10.1. The maximum absolute atomic E-state index is 14.2. The third-order valence-corrected chi connectivity index (χ3v) is 3.09. The third-order valence-electron chi connectivity index (χ3n) is 3.09. The number of rotatable bonds is 0. The van der Waals surface area contributed by atoms with Crippen LogP contribution in [0, 0.1) is 5.82 Å². The molecule has 0 radical (unpaired) electrons.